The van der Waals surface area contributed by atoms with Gasteiger partial charge in [-0.25, -0.2) is 4.98 Å². The molecule has 1 aromatic heterocycles. The average molecular weight is 344 g/mol. The molecule has 0 aliphatic rings. The number of benzene rings is 1. The second-order valence-electron chi connectivity index (χ2n) is 3.96. The molecule has 0 aliphatic heterocycles. The highest BCUT2D eigenvalue weighted by Crippen LogP contribution is 2.39. The number of hydrogen-bond donors (Lipinski definition) is 1. The number of anilines is 1. The summed E-state index contributed by atoms with van der Waals surface area (Å²) in [6, 6.07) is 8.01. The van der Waals surface area contributed by atoms with Crippen molar-refractivity contribution in [1.29, 1.82) is 0 Å². The van der Waals surface area contributed by atoms with E-state index in [9.17, 15) is 10.1 Å². The summed E-state index contributed by atoms with van der Waals surface area (Å²) in [6.07, 6.45) is 0. The molecule has 0 aliphatic carbocycles. The average Bonchev–Trinajstić information content (AvgIpc) is 2.44. The van der Waals surface area contributed by atoms with Gasteiger partial charge in [0.25, 0.3) is 5.69 Å². The number of nitrogens with one attached hydrogen (secondary N) is 1. The van der Waals surface area contributed by atoms with Gasteiger partial charge in [0.15, 0.2) is 0 Å². The van der Waals surface area contributed by atoms with Gasteiger partial charge < -0.3 is 5.32 Å². The van der Waals surface area contributed by atoms with Gasteiger partial charge in [0.2, 0.25) is 0 Å². The molecule has 0 unspecified atom stereocenters. The number of aromatic nitrogens is 1. The summed E-state index contributed by atoms with van der Waals surface area (Å²) in [5.41, 5.74) is 0.0142. The molecule has 0 atom stereocenters. The van der Waals surface area contributed by atoms with Crippen molar-refractivity contribution in [3.63, 3.8) is 0 Å². The van der Waals surface area contributed by atoms with E-state index in [-0.39, 0.29) is 5.69 Å². The van der Waals surface area contributed by atoms with Crippen LogP contribution in [-0.4, -0.2) is 16.5 Å². The maximum atomic E-state index is 11.0. The Hall–Kier alpha value is -1.50. The van der Waals surface area contributed by atoms with E-state index in [0.717, 1.165) is 11.8 Å². The van der Waals surface area contributed by atoms with Gasteiger partial charge in [-0.1, -0.05) is 47.1 Å². The van der Waals surface area contributed by atoms with E-state index >= 15 is 0 Å². The Balaban J connectivity index is 2.40. The fourth-order valence-corrected chi connectivity index (χ4v) is 3.05. The summed E-state index contributed by atoms with van der Waals surface area (Å²) >= 11 is 13.3. The van der Waals surface area contributed by atoms with E-state index in [1.165, 1.54) is 6.07 Å². The van der Waals surface area contributed by atoms with E-state index in [1.807, 2.05) is 6.92 Å². The van der Waals surface area contributed by atoms with Gasteiger partial charge >= 0.3 is 0 Å². The molecular weight excluding hydrogens is 333 g/mol. The Morgan fingerprint density at radius 1 is 1.33 bits per heavy atom. The summed E-state index contributed by atoms with van der Waals surface area (Å²) in [7, 11) is 0. The first-order valence-electron chi connectivity index (χ1n) is 6.04. The zero-order valence-corrected chi connectivity index (χ0v) is 13.3. The third kappa shape index (κ3) is 3.78. The van der Waals surface area contributed by atoms with Crippen LogP contribution < -0.4 is 5.32 Å². The minimum Gasteiger partial charge on any atom is -0.369 e. The number of halogens is 2. The predicted octanol–water partition coefficient (Wildman–Crippen LogP) is 4.88. The van der Waals surface area contributed by atoms with E-state index in [0.29, 0.717) is 32.3 Å². The van der Waals surface area contributed by atoms with Crippen LogP contribution in [0.1, 0.15) is 6.92 Å². The minimum absolute atomic E-state index is 0.0142. The van der Waals surface area contributed by atoms with Crippen LogP contribution in [0.5, 0.6) is 0 Å². The number of nitro benzene ring substituents is 1. The maximum absolute atomic E-state index is 11.0. The van der Waals surface area contributed by atoms with Crippen molar-refractivity contribution in [2.24, 2.45) is 0 Å². The van der Waals surface area contributed by atoms with Crippen molar-refractivity contribution < 1.29 is 4.92 Å². The van der Waals surface area contributed by atoms with E-state index in [2.05, 4.69) is 10.3 Å². The second-order valence-corrected chi connectivity index (χ2v) is 5.81. The van der Waals surface area contributed by atoms with Crippen molar-refractivity contribution in [1.82, 2.24) is 4.98 Å². The predicted molar refractivity (Wildman–Crippen MR) is 85.6 cm³/mol. The molecule has 1 N–H and O–H groups in total. The number of nitrogens with zero attached hydrogens (tertiary/aromatic N) is 2. The Bertz CT molecular complexity index is 682. The molecular formula is C13H11Cl2N3O2S. The van der Waals surface area contributed by atoms with Crippen LogP contribution in [0.15, 0.2) is 40.3 Å². The van der Waals surface area contributed by atoms with Crippen LogP contribution >= 0.6 is 35.0 Å². The molecule has 0 bridgehead atoms. The van der Waals surface area contributed by atoms with Gasteiger partial charge in [-0.15, -0.1) is 0 Å². The molecule has 0 saturated carbocycles. The lowest BCUT2D eigenvalue weighted by molar-refractivity contribution is -0.387. The zero-order chi connectivity index (χ0) is 15.4. The second kappa shape index (κ2) is 6.98. The molecule has 0 saturated heterocycles. The third-order valence-corrected chi connectivity index (χ3v) is 4.27. The third-order valence-electron chi connectivity index (χ3n) is 2.51. The van der Waals surface area contributed by atoms with Crippen molar-refractivity contribution in [3.8, 4) is 0 Å². The maximum Gasteiger partial charge on any atom is 0.283 e. The molecule has 0 fully saturated rings. The van der Waals surface area contributed by atoms with Crippen LogP contribution in [-0.2, 0) is 0 Å². The SMILES string of the molecule is CCNc1nc(Sc2ccccc2[N+](=O)[O-])c(Cl)cc1Cl. The number of rotatable bonds is 5. The monoisotopic (exact) mass is 343 g/mol. The van der Waals surface area contributed by atoms with Gasteiger partial charge in [-0.2, -0.15) is 0 Å². The molecule has 0 spiro atoms. The number of para-hydroxylation sites is 1. The van der Waals surface area contributed by atoms with Crippen molar-refractivity contribution in [2.45, 2.75) is 16.8 Å². The molecule has 0 amide bonds. The highest BCUT2D eigenvalue weighted by atomic mass is 35.5. The fraction of sp³-hybridized carbons (Fsp3) is 0.154. The molecule has 2 aromatic rings. The van der Waals surface area contributed by atoms with Crippen LogP contribution in [0.2, 0.25) is 10.0 Å². The molecule has 0 radical (unpaired) electrons. The smallest absolute Gasteiger partial charge is 0.283 e. The zero-order valence-electron chi connectivity index (χ0n) is 11.0. The Morgan fingerprint density at radius 3 is 2.71 bits per heavy atom. The van der Waals surface area contributed by atoms with Gasteiger partial charge in [-0.3, -0.25) is 10.1 Å². The molecule has 110 valence electrons. The van der Waals surface area contributed by atoms with Crippen molar-refractivity contribution >= 4 is 46.5 Å². The summed E-state index contributed by atoms with van der Waals surface area (Å²) in [5.74, 6) is 0.504. The van der Waals surface area contributed by atoms with Crippen LogP contribution in [0.3, 0.4) is 0 Å². The lowest BCUT2D eigenvalue weighted by Gasteiger charge is -2.09. The highest BCUT2D eigenvalue weighted by molar-refractivity contribution is 7.99. The van der Waals surface area contributed by atoms with Crippen LogP contribution in [0.4, 0.5) is 11.5 Å². The number of hydrogen-bond acceptors (Lipinski definition) is 5. The largest absolute Gasteiger partial charge is 0.369 e. The first-order chi connectivity index (χ1) is 10.0. The van der Waals surface area contributed by atoms with Crippen LogP contribution in [0.25, 0.3) is 0 Å². The Morgan fingerprint density at radius 2 is 2.05 bits per heavy atom. The standard InChI is InChI=1S/C13H11Cl2N3O2S/c1-2-16-12-8(14)7-9(15)13(17-12)21-11-6-4-3-5-10(11)18(19)20/h3-7H,2H2,1H3,(H,16,17). The first-order valence-corrected chi connectivity index (χ1v) is 7.61. The lowest BCUT2D eigenvalue weighted by atomic mass is 10.3. The van der Waals surface area contributed by atoms with Gasteiger partial charge in [-0.05, 0) is 19.1 Å². The Labute approximate surface area is 135 Å². The van der Waals surface area contributed by atoms with Gasteiger partial charge in [0, 0.05) is 12.6 Å². The molecule has 5 nitrogen and oxygen atoms in total. The van der Waals surface area contributed by atoms with Crippen molar-refractivity contribution in [3.05, 3.63) is 50.5 Å². The number of pyridine rings is 1. The summed E-state index contributed by atoms with van der Waals surface area (Å²) < 4.78 is 0. The fourth-order valence-electron chi connectivity index (χ4n) is 1.61. The quantitative estimate of drug-likeness (QED) is 0.618. The van der Waals surface area contributed by atoms with Crippen molar-refractivity contribution in [2.75, 3.05) is 11.9 Å². The molecule has 2 rings (SSSR count). The van der Waals surface area contributed by atoms with E-state index in [4.69, 9.17) is 23.2 Å². The highest BCUT2D eigenvalue weighted by Gasteiger charge is 2.17. The minimum atomic E-state index is -0.433. The number of nitro groups is 1. The summed E-state index contributed by atoms with van der Waals surface area (Å²) in [6.45, 7) is 2.57. The van der Waals surface area contributed by atoms with E-state index in [1.54, 1.807) is 24.3 Å². The molecule has 21 heavy (non-hydrogen) atoms. The van der Waals surface area contributed by atoms with Gasteiger partial charge in [0.1, 0.15) is 10.8 Å². The first kappa shape index (κ1) is 15.9. The topological polar surface area (TPSA) is 68.1 Å². The normalized spacial score (nSPS) is 10.4. The summed E-state index contributed by atoms with van der Waals surface area (Å²) in [4.78, 5) is 15.4. The van der Waals surface area contributed by atoms with Crippen LogP contribution in [0, 0.1) is 10.1 Å². The molecule has 8 heteroatoms. The molecule has 1 heterocycles. The van der Waals surface area contributed by atoms with Gasteiger partial charge in [0.05, 0.1) is 19.9 Å². The Kier molecular flexibility index (Phi) is 5.27. The van der Waals surface area contributed by atoms with E-state index < -0.39 is 4.92 Å². The summed E-state index contributed by atoms with van der Waals surface area (Å²) in [5, 5.41) is 15.3. The molecule has 1 aromatic carbocycles. The lowest BCUT2D eigenvalue weighted by Crippen LogP contribution is -2.01.